The third-order valence-corrected chi connectivity index (χ3v) is 5.22. The van der Waals surface area contributed by atoms with Gasteiger partial charge in [0.05, 0.1) is 11.5 Å². The van der Waals surface area contributed by atoms with Crippen molar-refractivity contribution in [3.05, 3.63) is 60.9 Å². The zero-order valence-electron chi connectivity index (χ0n) is 15.2. The number of ether oxygens (including phenoxy) is 1. The molecule has 0 unspecified atom stereocenters. The van der Waals surface area contributed by atoms with Crippen molar-refractivity contribution >= 4 is 15.8 Å². The Morgan fingerprint density at radius 2 is 1.93 bits per heavy atom. The number of nitrogens with zero attached hydrogens (tertiary/aromatic N) is 3. The number of hydrogen-bond donors (Lipinski definition) is 2. The fraction of sp³-hybridized carbons (Fsp3) is 0.222. The lowest BCUT2D eigenvalue weighted by Gasteiger charge is -2.10. The Morgan fingerprint density at radius 1 is 1.14 bits per heavy atom. The summed E-state index contributed by atoms with van der Waals surface area (Å²) in [7, 11) is -3.83. The molecule has 0 atom stereocenters. The highest BCUT2D eigenvalue weighted by molar-refractivity contribution is 7.89. The lowest BCUT2D eigenvalue weighted by Crippen LogP contribution is -2.29. The maximum absolute atomic E-state index is 13.9. The van der Waals surface area contributed by atoms with Crippen molar-refractivity contribution in [2.45, 2.75) is 11.8 Å². The van der Waals surface area contributed by atoms with Crippen molar-refractivity contribution in [3.63, 3.8) is 0 Å². The maximum atomic E-state index is 13.9. The number of aromatic nitrogens is 3. The summed E-state index contributed by atoms with van der Waals surface area (Å²) in [6.07, 6.45) is 5.14. The minimum absolute atomic E-state index is 0.0189. The van der Waals surface area contributed by atoms with Gasteiger partial charge in [0.1, 0.15) is 18.0 Å². The monoisotopic (exact) mass is 405 g/mol. The highest BCUT2D eigenvalue weighted by atomic mass is 32.2. The molecule has 3 aromatic rings. The van der Waals surface area contributed by atoms with Gasteiger partial charge in [-0.2, -0.15) is 0 Å². The van der Waals surface area contributed by atoms with E-state index in [1.165, 1.54) is 18.5 Å². The largest absolute Gasteiger partial charge is 0.491 e. The first-order valence-electron chi connectivity index (χ1n) is 8.61. The van der Waals surface area contributed by atoms with E-state index in [-0.39, 0.29) is 17.2 Å². The van der Waals surface area contributed by atoms with E-state index >= 15 is 0 Å². The molecule has 0 aliphatic rings. The van der Waals surface area contributed by atoms with Crippen LogP contribution in [0, 0.1) is 5.82 Å². The van der Waals surface area contributed by atoms with Gasteiger partial charge in [-0.3, -0.25) is 0 Å². The minimum atomic E-state index is -3.83. The van der Waals surface area contributed by atoms with Crippen LogP contribution in [-0.4, -0.2) is 42.6 Å². The third-order valence-electron chi connectivity index (χ3n) is 3.76. The van der Waals surface area contributed by atoms with Crippen LogP contribution in [0.4, 0.5) is 10.2 Å². The second-order valence-corrected chi connectivity index (χ2v) is 7.47. The highest BCUT2D eigenvalue weighted by Crippen LogP contribution is 2.20. The molecule has 0 bridgehead atoms. The molecule has 10 heteroatoms. The molecule has 1 aromatic carbocycles. The standard InChI is InChI=1S/C18H20FN5O3S/c1-2-27-16-6-5-14(11-15(16)19)28(25,26)23-8-7-20-17-12-18(22-13-21-17)24-9-3-4-10-24/h3-6,9-13,23H,2,7-8H2,1H3,(H,20,21,22). The lowest BCUT2D eigenvalue weighted by molar-refractivity contribution is 0.321. The van der Waals surface area contributed by atoms with Gasteiger partial charge in [0, 0.05) is 31.5 Å². The molecule has 0 fully saturated rings. The number of hydrogen-bond acceptors (Lipinski definition) is 6. The minimum Gasteiger partial charge on any atom is -0.491 e. The van der Waals surface area contributed by atoms with E-state index < -0.39 is 15.8 Å². The molecule has 28 heavy (non-hydrogen) atoms. The van der Waals surface area contributed by atoms with Gasteiger partial charge in [-0.15, -0.1) is 0 Å². The van der Waals surface area contributed by atoms with E-state index in [2.05, 4.69) is 20.0 Å². The number of rotatable bonds is 9. The van der Waals surface area contributed by atoms with Crippen LogP contribution in [0.2, 0.25) is 0 Å². The molecule has 0 radical (unpaired) electrons. The van der Waals surface area contributed by atoms with Crippen LogP contribution in [-0.2, 0) is 10.0 Å². The number of benzene rings is 1. The Hall–Kier alpha value is -2.98. The quantitative estimate of drug-likeness (QED) is 0.530. The molecule has 0 aliphatic carbocycles. The Kier molecular flexibility index (Phi) is 6.22. The Balaban J connectivity index is 1.56. The first-order valence-corrected chi connectivity index (χ1v) is 10.1. The third kappa shape index (κ3) is 4.84. The van der Waals surface area contributed by atoms with Crippen molar-refractivity contribution in [2.24, 2.45) is 0 Å². The van der Waals surface area contributed by atoms with E-state index in [1.807, 2.05) is 29.1 Å². The molecule has 2 heterocycles. The smallest absolute Gasteiger partial charge is 0.240 e. The van der Waals surface area contributed by atoms with Gasteiger partial charge < -0.3 is 14.6 Å². The van der Waals surface area contributed by atoms with Crippen LogP contribution in [0.15, 0.2) is 60.0 Å². The first-order chi connectivity index (χ1) is 13.5. The topological polar surface area (TPSA) is 98.1 Å². The van der Waals surface area contributed by atoms with Crippen molar-refractivity contribution in [1.29, 1.82) is 0 Å². The second kappa shape index (κ2) is 8.81. The Bertz CT molecular complexity index is 1030. The maximum Gasteiger partial charge on any atom is 0.240 e. The van der Waals surface area contributed by atoms with Gasteiger partial charge in [0.2, 0.25) is 10.0 Å². The van der Waals surface area contributed by atoms with E-state index in [0.717, 1.165) is 6.07 Å². The average Bonchev–Trinajstić information content (AvgIpc) is 3.22. The summed E-state index contributed by atoms with van der Waals surface area (Å²) in [6, 6.07) is 9.05. The zero-order valence-corrected chi connectivity index (χ0v) is 16.0. The van der Waals surface area contributed by atoms with Crippen molar-refractivity contribution in [2.75, 3.05) is 25.0 Å². The normalized spacial score (nSPS) is 11.4. The van der Waals surface area contributed by atoms with Gasteiger partial charge in [-0.1, -0.05) is 0 Å². The summed E-state index contributed by atoms with van der Waals surface area (Å²) >= 11 is 0. The molecular formula is C18H20FN5O3S. The molecule has 8 nitrogen and oxygen atoms in total. The van der Waals surface area contributed by atoms with E-state index in [1.54, 1.807) is 13.0 Å². The predicted octanol–water partition coefficient (Wildman–Crippen LogP) is 2.20. The molecular weight excluding hydrogens is 385 g/mol. The summed E-state index contributed by atoms with van der Waals surface area (Å²) in [5.74, 6) is 0.546. The Morgan fingerprint density at radius 3 is 2.64 bits per heavy atom. The molecule has 0 aliphatic heterocycles. The first kappa shape index (κ1) is 19.8. The number of nitrogens with one attached hydrogen (secondary N) is 2. The van der Waals surface area contributed by atoms with Gasteiger partial charge in [-0.05, 0) is 37.3 Å². The molecule has 3 rings (SSSR count). The molecule has 2 N–H and O–H groups in total. The van der Waals surface area contributed by atoms with Gasteiger partial charge in [-0.25, -0.2) is 27.5 Å². The summed E-state index contributed by atoms with van der Waals surface area (Å²) in [5.41, 5.74) is 0. The van der Waals surface area contributed by atoms with Crippen LogP contribution in [0.3, 0.4) is 0 Å². The number of anilines is 1. The van der Waals surface area contributed by atoms with E-state index in [0.29, 0.717) is 24.8 Å². The fourth-order valence-electron chi connectivity index (χ4n) is 2.45. The molecule has 0 amide bonds. The van der Waals surface area contributed by atoms with Crippen LogP contribution < -0.4 is 14.8 Å². The van der Waals surface area contributed by atoms with E-state index in [4.69, 9.17) is 4.74 Å². The van der Waals surface area contributed by atoms with Gasteiger partial charge >= 0.3 is 0 Å². The van der Waals surface area contributed by atoms with Crippen LogP contribution >= 0.6 is 0 Å². The highest BCUT2D eigenvalue weighted by Gasteiger charge is 2.16. The van der Waals surface area contributed by atoms with Crippen LogP contribution in [0.25, 0.3) is 5.82 Å². The van der Waals surface area contributed by atoms with E-state index in [9.17, 15) is 12.8 Å². The molecule has 148 valence electrons. The summed E-state index contributed by atoms with van der Waals surface area (Å²) in [6.45, 7) is 2.40. The van der Waals surface area contributed by atoms with Gasteiger partial charge in [0.25, 0.3) is 0 Å². The van der Waals surface area contributed by atoms with Gasteiger partial charge in [0.15, 0.2) is 11.6 Å². The second-order valence-electron chi connectivity index (χ2n) is 5.70. The summed E-state index contributed by atoms with van der Waals surface area (Å²) in [5, 5.41) is 3.02. The SMILES string of the molecule is CCOc1ccc(S(=O)(=O)NCCNc2cc(-n3cccc3)ncn2)cc1F. The molecule has 0 saturated heterocycles. The average molecular weight is 405 g/mol. The lowest BCUT2D eigenvalue weighted by atomic mass is 10.3. The number of halogens is 1. The predicted molar refractivity (Wildman–Crippen MR) is 103 cm³/mol. The van der Waals surface area contributed by atoms with Crippen LogP contribution in [0.1, 0.15) is 6.92 Å². The number of sulfonamides is 1. The fourth-order valence-corrected chi connectivity index (χ4v) is 3.50. The molecule has 0 spiro atoms. The van der Waals surface area contributed by atoms with Crippen molar-refractivity contribution < 1.29 is 17.5 Å². The van der Waals surface area contributed by atoms with Crippen molar-refractivity contribution in [1.82, 2.24) is 19.3 Å². The van der Waals surface area contributed by atoms with Crippen LogP contribution in [0.5, 0.6) is 5.75 Å². The zero-order chi connectivity index (χ0) is 20.0. The molecule has 2 aromatic heterocycles. The summed E-state index contributed by atoms with van der Waals surface area (Å²) < 4.78 is 47.8. The molecule has 0 saturated carbocycles. The summed E-state index contributed by atoms with van der Waals surface area (Å²) in [4.78, 5) is 8.11. The van der Waals surface area contributed by atoms with Crippen molar-refractivity contribution in [3.8, 4) is 11.6 Å². The Labute approximate surface area is 162 Å².